The van der Waals surface area contributed by atoms with Gasteiger partial charge in [0.05, 0.1) is 13.4 Å². The molecular formula is C11H14O2. The summed E-state index contributed by atoms with van der Waals surface area (Å²) in [6.45, 7) is 1.89. The van der Waals surface area contributed by atoms with Crippen LogP contribution in [0.1, 0.15) is 12.5 Å². The molecule has 0 atom stereocenters. The molecule has 0 spiro atoms. The van der Waals surface area contributed by atoms with Crippen LogP contribution in [0, 0.1) is 0 Å². The van der Waals surface area contributed by atoms with Gasteiger partial charge < -0.3 is 9.84 Å². The lowest BCUT2D eigenvalue weighted by atomic mass is 10.1. The zero-order valence-corrected chi connectivity index (χ0v) is 7.95. The molecule has 1 N–H and O–H groups in total. The summed E-state index contributed by atoms with van der Waals surface area (Å²) in [6.07, 6.45) is 1.92. The van der Waals surface area contributed by atoms with Crippen molar-refractivity contribution in [3.05, 3.63) is 41.7 Å². The van der Waals surface area contributed by atoms with E-state index in [1.165, 1.54) is 5.56 Å². The van der Waals surface area contributed by atoms with E-state index in [4.69, 9.17) is 9.84 Å². The molecule has 0 heterocycles. The van der Waals surface area contributed by atoms with Crippen molar-refractivity contribution in [2.45, 2.75) is 13.3 Å². The number of aliphatic hydroxyl groups excluding tert-OH is 1. The van der Waals surface area contributed by atoms with E-state index in [0.717, 1.165) is 24.0 Å². The number of aliphatic hydroxyl groups is 1. The summed E-state index contributed by atoms with van der Waals surface area (Å²) in [5.74, 6) is 0.856. The number of rotatable bonds is 3. The quantitative estimate of drug-likeness (QED) is 0.721. The van der Waals surface area contributed by atoms with Gasteiger partial charge in [0.15, 0.2) is 0 Å². The monoisotopic (exact) mass is 178 g/mol. The normalized spacial score (nSPS) is 11.4. The Bertz CT molecular complexity index is 285. The van der Waals surface area contributed by atoms with Crippen LogP contribution in [-0.4, -0.2) is 12.2 Å². The molecule has 0 saturated carbocycles. The van der Waals surface area contributed by atoms with E-state index < -0.39 is 0 Å². The van der Waals surface area contributed by atoms with Gasteiger partial charge in [0.1, 0.15) is 5.75 Å². The molecule has 1 aromatic rings. The molecule has 0 fully saturated rings. The van der Waals surface area contributed by atoms with E-state index in [1.54, 1.807) is 7.11 Å². The molecule has 0 aromatic heterocycles. The maximum atomic E-state index is 8.71. The van der Waals surface area contributed by atoms with E-state index in [9.17, 15) is 0 Å². The van der Waals surface area contributed by atoms with Crippen molar-refractivity contribution in [1.29, 1.82) is 0 Å². The van der Waals surface area contributed by atoms with Gasteiger partial charge in [0, 0.05) is 0 Å². The second-order valence-corrected chi connectivity index (χ2v) is 3.00. The largest absolute Gasteiger partial charge is 0.516 e. The first-order chi connectivity index (χ1) is 6.26. The molecule has 0 unspecified atom stereocenters. The van der Waals surface area contributed by atoms with E-state index in [-0.39, 0.29) is 0 Å². The van der Waals surface area contributed by atoms with Gasteiger partial charge in [-0.05, 0) is 36.6 Å². The lowest BCUT2D eigenvalue weighted by Crippen LogP contribution is -1.88. The third-order valence-corrected chi connectivity index (χ3v) is 1.86. The summed E-state index contributed by atoms with van der Waals surface area (Å²) in [7, 11) is 1.65. The van der Waals surface area contributed by atoms with Crippen molar-refractivity contribution in [2.75, 3.05) is 7.11 Å². The fraction of sp³-hybridized carbons (Fsp3) is 0.273. The van der Waals surface area contributed by atoms with Crippen LogP contribution in [0.5, 0.6) is 5.75 Å². The zero-order chi connectivity index (χ0) is 9.68. The maximum Gasteiger partial charge on any atom is 0.118 e. The average Bonchev–Trinajstić information content (AvgIpc) is 2.19. The summed E-state index contributed by atoms with van der Waals surface area (Å²) < 4.78 is 5.04. The van der Waals surface area contributed by atoms with Crippen LogP contribution in [0.25, 0.3) is 0 Å². The minimum atomic E-state index is 0.778. The van der Waals surface area contributed by atoms with Crippen molar-refractivity contribution >= 4 is 0 Å². The van der Waals surface area contributed by atoms with Crippen LogP contribution < -0.4 is 4.74 Å². The Morgan fingerprint density at radius 3 is 2.46 bits per heavy atom. The average molecular weight is 178 g/mol. The van der Waals surface area contributed by atoms with E-state index in [1.807, 2.05) is 31.2 Å². The van der Waals surface area contributed by atoms with Crippen LogP contribution in [0.3, 0.4) is 0 Å². The number of benzene rings is 1. The van der Waals surface area contributed by atoms with Gasteiger partial charge in [-0.15, -0.1) is 0 Å². The number of hydrogen-bond donors (Lipinski definition) is 1. The topological polar surface area (TPSA) is 29.5 Å². The van der Waals surface area contributed by atoms with Gasteiger partial charge in [0.2, 0.25) is 0 Å². The van der Waals surface area contributed by atoms with E-state index in [0.29, 0.717) is 0 Å². The van der Waals surface area contributed by atoms with Crippen molar-refractivity contribution < 1.29 is 9.84 Å². The predicted molar refractivity (Wildman–Crippen MR) is 53.1 cm³/mol. The van der Waals surface area contributed by atoms with Gasteiger partial charge in [-0.3, -0.25) is 0 Å². The van der Waals surface area contributed by atoms with Gasteiger partial charge in [-0.2, -0.15) is 0 Å². The van der Waals surface area contributed by atoms with Crippen molar-refractivity contribution in [2.24, 2.45) is 0 Å². The summed E-state index contributed by atoms with van der Waals surface area (Å²) in [4.78, 5) is 0. The molecular weight excluding hydrogens is 164 g/mol. The Labute approximate surface area is 78.5 Å². The number of ether oxygens (including phenoxy) is 1. The summed E-state index contributed by atoms with van der Waals surface area (Å²) in [5.41, 5.74) is 2.12. The maximum absolute atomic E-state index is 8.71. The SMILES string of the molecule is COc1ccc(C/C(C)=C/O)cc1. The summed E-state index contributed by atoms with van der Waals surface area (Å²) >= 11 is 0. The molecule has 0 saturated heterocycles. The molecule has 0 radical (unpaired) electrons. The van der Waals surface area contributed by atoms with Crippen LogP contribution >= 0.6 is 0 Å². The van der Waals surface area contributed by atoms with Gasteiger partial charge in [-0.25, -0.2) is 0 Å². The number of hydrogen-bond acceptors (Lipinski definition) is 2. The first-order valence-electron chi connectivity index (χ1n) is 4.19. The molecule has 2 heteroatoms. The van der Waals surface area contributed by atoms with Crippen LogP contribution in [-0.2, 0) is 6.42 Å². The third kappa shape index (κ3) is 2.82. The summed E-state index contributed by atoms with van der Waals surface area (Å²) in [6, 6.07) is 7.82. The van der Waals surface area contributed by atoms with Crippen LogP contribution in [0.4, 0.5) is 0 Å². The van der Waals surface area contributed by atoms with Crippen LogP contribution in [0.2, 0.25) is 0 Å². The van der Waals surface area contributed by atoms with Crippen molar-refractivity contribution in [3.8, 4) is 5.75 Å². The van der Waals surface area contributed by atoms with Gasteiger partial charge in [0.25, 0.3) is 0 Å². The zero-order valence-electron chi connectivity index (χ0n) is 7.95. The van der Waals surface area contributed by atoms with Gasteiger partial charge >= 0.3 is 0 Å². The predicted octanol–water partition coefficient (Wildman–Crippen LogP) is 2.70. The first-order valence-corrected chi connectivity index (χ1v) is 4.19. The molecule has 1 rings (SSSR count). The smallest absolute Gasteiger partial charge is 0.118 e. The highest BCUT2D eigenvalue weighted by atomic mass is 16.5. The lowest BCUT2D eigenvalue weighted by Gasteiger charge is -2.02. The third-order valence-electron chi connectivity index (χ3n) is 1.86. The molecule has 0 aliphatic rings. The Hall–Kier alpha value is -1.44. The molecule has 0 bridgehead atoms. The Morgan fingerprint density at radius 1 is 1.38 bits per heavy atom. The molecule has 1 aromatic carbocycles. The molecule has 0 aliphatic carbocycles. The van der Waals surface area contributed by atoms with E-state index >= 15 is 0 Å². The fourth-order valence-corrected chi connectivity index (χ4v) is 1.11. The highest BCUT2D eigenvalue weighted by Crippen LogP contribution is 2.13. The second-order valence-electron chi connectivity index (χ2n) is 3.00. The molecule has 0 aliphatic heterocycles. The summed E-state index contributed by atoms with van der Waals surface area (Å²) in [5, 5.41) is 8.71. The Morgan fingerprint density at radius 2 is 2.00 bits per heavy atom. The fourth-order valence-electron chi connectivity index (χ4n) is 1.11. The highest BCUT2D eigenvalue weighted by Gasteiger charge is 1.95. The highest BCUT2D eigenvalue weighted by molar-refractivity contribution is 5.29. The standard InChI is InChI=1S/C11H14O2/c1-9(8-12)7-10-3-5-11(13-2)6-4-10/h3-6,8,12H,7H2,1-2H3/b9-8+. The van der Waals surface area contributed by atoms with Crippen molar-refractivity contribution in [3.63, 3.8) is 0 Å². The minimum Gasteiger partial charge on any atom is -0.516 e. The van der Waals surface area contributed by atoms with Gasteiger partial charge in [-0.1, -0.05) is 12.1 Å². The van der Waals surface area contributed by atoms with Crippen LogP contribution in [0.15, 0.2) is 36.1 Å². The molecule has 2 nitrogen and oxygen atoms in total. The molecule has 0 amide bonds. The number of methoxy groups -OCH3 is 1. The first kappa shape index (κ1) is 9.65. The van der Waals surface area contributed by atoms with Crippen molar-refractivity contribution in [1.82, 2.24) is 0 Å². The second kappa shape index (κ2) is 4.55. The van der Waals surface area contributed by atoms with E-state index in [2.05, 4.69) is 0 Å². The molecule has 70 valence electrons. The Balaban J connectivity index is 2.69. The molecule has 13 heavy (non-hydrogen) atoms. The Kier molecular flexibility index (Phi) is 3.38. The lowest BCUT2D eigenvalue weighted by molar-refractivity contribution is 0.414. The minimum absolute atomic E-state index is 0.778. The number of allylic oxidation sites excluding steroid dienone is 1.